The minimum Gasteiger partial charge on any atom is -0.490 e. The first kappa shape index (κ1) is 11.9. The summed E-state index contributed by atoms with van der Waals surface area (Å²) >= 11 is 0. The molecular formula is C13H11N3O2. The van der Waals surface area contributed by atoms with Gasteiger partial charge in [0.05, 0.1) is 18.2 Å². The molecular weight excluding hydrogens is 230 g/mol. The number of nitrogens with zero attached hydrogens (tertiary/aromatic N) is 3. The highest BCUT2D eigenvalue weighted by Crippen LogP contribution is 2.30. The lowest BCUT2D eigenvalue weighted by atomic mass is 10.2. The SMILES string of the molecule is CCOc1cc(C#N)ccc1Oc1ncccn1. The van der Waals surface area contributed by atoms with Crippen LogP contribution in [0, 0.1) is 11.3 Å². The maximum Gasteiger partial charge on any atom is 0.321 e. The number of hydrogen-bond acceptors (Lipinski definition) is 5. The third-order valence-corrected chi connectivity index (χ3v) is 2.12. The Balaban J connectivity index is 2.30. The zero-order valence-corrected chi connectivity index (χ0v) is 9.83. The van der Waals surface area contributed by atoms with Crippen LogP contribution in [0.25, 0.3) is 0 Å². The van der Waals surface area contributed by atoms with Crippen molar-refractivity contribution >= 4 is 0 Å². The maximum absolute atomic E-state index is 8.84. The Morgan fingerprint density at radius 1 is 1.22 bits per heavy atom. The standard InChI is InChI=1S/C13H11N3O2/c1-2-17-12-8-10(9-14)4-5-11(12)18-13-15-6-3-7-16-13/h3-8H,2H2,1H3. The summed E-state index contributed by atoms with van der Waals surface area (Å²) < 4.78 is 10.9. The largest absolute Gasteiger partial charge is 0.490 e. The maximum atomic E-state index is 8.84. The van der Waals surface area contributed by atoms with Gasteiger partial charge in [0, 0.05) is 18.5 Å². The van der Waals surface area contributed by atoms with Crippen LogP contribution in [-0.4, -0.2) is 16.6 Å². The van der Waals surface area contributed by atoms with Crippen LogP contribution in [0.2, 0.25) is 0 Å². The molecule has 2 aromatic rings. The summed E-state index contributed by atoms with van der Waals surface area (Å²) in [7, 11) is 0. The van der Waals surface area contributed by atoms with Crippen LogP contribution in [0.3, 0.4) is 0 Å². The third-order valence-electron chi connectivity index (χ3n) is 2.12. The van der Waals surface area contributed by atoms with Gasteiger partial charge in [-0.05, 0) is 25.1 Å². The summed E-state index contributed by atoms with van der Waals surface area (Å²) in [5, 5.41) is 8.84. The summed E-state index contributed by atoms with van der Waals surface area (Å²) in [5.74, 6) is 0.992. The average Bonchev–Trinajstić information content (AvgIpc) is 2.42. The second-order valence-corrected chi connectivity index (χ2v) is 3.34. The van der Waals surface area contributed by atoms with E-state index >= 15 is 0 Å². The quantitative estimate of drug-likeness (QED) is 0.822. The Morgan fingerprint density at radius 2 is 2.00 bits per heavy atom. The summed E-state index contributed by atoms with van der Waals surface area (Å²) in [5.41, 5.74) is 0.514. The molecule has 1 aromatic carbocycles. The molecule has 1 heterocycles. The Kier molecular flexibility index (Phi) is 3.72. The van der Waals surface area contributed by atoms with Gasteiger partial charge in [-0.2, -0.15) is 5.26 Å². The second kappa shape index (κ2) is 5.64. The summed E-state index contributed by atoms with van der Waals surface area (Å²) in [6.07, 6.45) is 3.18. The molecule has 0 amide bonds. The molecule has 90 valence electrons. The molecule has 0 unspecified atom stereocenters. The average molecular weight is 241 g/mol. The molecule has 0 fully saturated rings. The minimum absolute atomic E-state index is 0.239. The number of nitriles is 1. The van der Waals surface area contributed by atoms with Gasteiger partial charge in [-0.1, -0.05) is 0 Å². The molecule has 0 radical (unpaired) electrons. The van der Waals surface area contributed by atoms with Crippen molar-refractivity contribution in [2.75, 3.05) is 6.61 Å². The van der Waals surface area contributed by atoms with E-state index in [1.807, 2.05) is 6.92 Å². The highest BCUT2D eigenvalue weighted by Gasteiger charge is 2.08. The molecule has 5 nitrogen and oxygen atoms in total. The van der Waals surface area contributed by atoms with E-state index < -0.39 is 0 Å². The van der Waals surface area contributed by atoms with Gasteiger partial charge in [-0.15, -0.1) is 0 Å². The van der Waals surface area contributed by atoms with E-state index in [0.29, 0.717) is 23.7 Å². The van der Waals surface area contributed by atoms with Crippen LogP contribution in [-0.2, 0) is 0 Å². The van der Waals surface area contributed by atoms with Crippen LogP contribution in [0.5, 0.6) is 17.5 Å². The molecule has 18 heavy (non-hydrogen) atoms. The molecule has 5 heteroatoms. The first-order valence-electron chi connectivity index (χ1n) is 5.45. The van der Waals surface area contributed by atoms with Gasteiger partial charge in [0.2, 0.25) is 0 Å². The predicted molar refractivity (Wildman–Crippen MR) is 64.4 cm³/mol. The van der Waals surface area contributed by atoms with Gasteiger partial charge < -0.3 is 9.47 Å². The third kappa shape index (κ3) is 2.74. The first-order valence-corrected chi connectivity index (χ1v) is 5.45. The van der Waals surface area contributed by atoms with Crippen molar-refractivity contribution in [2.24, 2.45) is 0 Å². The zero-order chi connectivity index (χ0) is 12.8. The van der Waals surface area contributed by atoms with Crippen LogP contribution in [0.15, 0.2) is 36.7 Å². The molecule has 0 bridgehead atoms. The fraction of sp³-hybridized carbons (Fsp3) is 0.154. The number of benzene rings is 1. The van der Waals surface area contributed by atoms with E-state index in [0.717, 1.165) is 0 Å². The lowest BCUT2D eigenvalue weighted by Crippen LogP contribution is -1.97. The minimum atomic E-state index is 0.239. The van der Waals surface area contributed by atoms with Crippen LogP contribution in [0.4, 0.5) is 0 Å². The lowest BCUT2D eigenvalue weighted by molar-refractivity contribution is 0.317. The molecule has 0 aliphatic rings. The van der Waals surface area contributed by atoms with Gasteiger partial charge in [0.1, 0.15) is 0 Å². The van der Waals surface area contributed by atoms with Gasteiger partial charge in [-0.3, -0.25) is 0 Å². The van der Waals surface area contributed by atoms with E-state index in [9.17, 15) is 0 Å². The highest BCUT2D eigenvalue weighted by atomic mass is 16.5. The molecule has 0 aliphatic carbocycles. The molecule has 0 N–H and O–H groups in total. The number of aromatic nitrogens is 2. The van der Waals surface area contributed by atoms with Crippen molar-refractivity contribution in [3.63, 3.8) is 0 Å². The van der Waals surface area contributed by atoms with Crippen LogP contribution >= 0.6 is 0 Å². The van der Waals surface area contributed by atoms with Crippen molar-refractivity contribution in [3.05, 3.63) is 42.2 Å². The normalized spacial score (nSPS) is 9.56. The fourth-order valence-corrected chi connectivity index (χ4v) is 1.37. The molecule has 2 rings (SSSR count). The number of hydrogen-bond donors (Lipinski definition) is 0. The van der Waals surface area contributed by atoms with Crippen molar-refractivity contribution in [1.29, 1.82) is 5.26 Å². The van der Waals surface area contributed by atoms with Crippen molar-refractivity contribution in [1.82, 2.24) is 9.97 Å². The van der Waals surface area contributed by atoms with E-state index in [-0.39, 0.29) is 6.01 Å². The summed E-state index contributed by atoms with van der Waals surface area (Å²) in [6.45, 7) is 2.35. The summed E-state index contributed by atoms with van der Waals surface area (Å²) in [6, 6.07) is 8.94. The number of rotatable bonds is 4. The Bertz CT molecular complexity index is 564. The van der Waals surface area contributed by atoms with Gasteiger partial charge in [0.25, 0.3) is 0 Å². The highest BCUT2D eigenvalue weighted by molar-refractivity contribution is 5.47. The van der Waals surface area contributed by atoms with E-state index in [2.05, 4.69) is 16.0 Å². The first-order chi connectivity index (χ1) is 8.83. The van der Waals surface area contributed by atoms with E-state index in [4.69, 9.17) is 14.7 Å². The fourth-order valence-electron chi connectivity index (χ4n) is 1.37. The monoisotopic (exact) mass is 241 g/mol. The molecule has 0 saturated carbocycles. The van der Waals surface area contributed by atoms with Gasteiger partial charge >= 0.3 is 6.01 Å². The van der Waals surface area contributed by atoms with Gasteiger partial charge in [0.15, 0.2) is 11.5 Å². The molecule has 0 aliphatic heterocycles. The van der Waals surface area contributed by atoms with Gasteiger partial charge in [-0.25, -0.2) is 9.97 Å². The smallest absolute Gasteiger partial charge is 0.321 e. The van der Waals surface area contributed by atoms with Crippen molar-refractivity contribution in [3.8, 4) is 23.6 Å². The molecule has 0 spiro atoms. The zero-order valence-electron chi connectivity index (χ0n) is 9.83. The topological polar surface area (TPSA) is 68.0 Å². The molecule has 0 atom stereocenters. The van der Waals surface area contributed by atoms with Crippen LogP contribution in [0.1, 0.15) is 12.5 Å². The van der Waals surface area contributed by atoms with Crippen LogP contribution < -0.4 is 9.47 Å². The van der Waals surface area contributed by atoms with Crippen molar-refractivity contribution in [2.45, 2.75) is 6.92 Å². The second-order valence-electron chi connectivity index (χ2n) is 3.34. The molecule has 0 saturated heterocycles. The Morgan fingerprint density at radius 3 is 2.67 bits per heavy atom. The van der Waals surface area contributed by atoms with E-state index in [1.54, 1.807) is 36.7 Å². The van der Waals surface area contributed by atoms with Crippen molar-refractivity contribution < 1.29 is 9.47 Å². The van der Waals surface area contributed by atoms with E-state index in [1.165, 1.54) is 0 Å². The molecule has 1 aromatic heterocycles. The Hall–Kier alpha value is -2.61. The number of ether oxygens (including phenoxy) is 2. The lowest BCUT2D eigenvalue weighted by Gasteiger charge is -2.10. The predicted octanol–water partition coefficient (Wildman–Crippen LogP) is 2.54. The Labute approximate surface area is 105 Å². The summed E-state index contributed by atoms with van der Waals surface area (Å²) in [4.78, 5) is 7.93.